The zero-order valence-electron chi connectivity index (χ0n) is 14.0. The van der Waals surface area contributed by atoms with Crippen molar-refractivity contribution in [3.63, 3.8) is 0 Å². The highest BCUT2D eigenvalue weighted by molar-refractivity contribution is 6.36. The lowest BCUT2D eigenvalue weighted by atomic mass is 10.2. The Kier molecular flexibility index (Phi) is 4.95. The Morgan fingerprint density at radius 1 is 1.00 bits per heavy atom. The molecule has 1 N–H and O–H groups in total. The lowest BCUT2D eigenvalue weighted by molar-refractivity contribution is 0.188. The van der Waals surface area contributed by atoms with Crippen LogP contribution in [0, 0.1) is 0 Å². The van der Waals surface area contributed by atoms with E-state index in [-0.39, 0.29) is 6.61 Å². The zero-order valence-corrected chi connectivity index (χ0v) is 15.5. The van der Waals surface area contributed by atoms with Crippen LogP contribution in [0.5, 0.6) is 0 Å². The molecule has 0 spiro atoms. The predicted octanol–water partition coefficient (Wildman–Crippen LogP) is 2.21. The van der Waals surface area contributed by atoms with E-state index in [0.717, 1.165) is 37.6 Å². The summed E-state index contributed by atoms with van der Waals surface area (Å²) in [6.07, 6.45) is 0. The summed E-state index contributed by atoms with van der Waals surface area (Å²) in [6, 6.07) is 9.14. The number of β-amino-alcohol motifs (C(OH)–C–C–N with tert-alkyl or cyclic N) is 1. The average molecular weight is 393 g/mol. The van der Waals surface area contributed by atoms with Gasteiger partial charge in [-0.3, -0.25) is 4.90 Å². The van der Waals surface area contributed by atoms with Crippen LogP contribution in [0.1, 0.15) is 0 Å². The molecule has 1 aromatic carbocycles. The van der Waals surface area contributed by atoms with Gasteiger partial charge in [-0.1, -0.05) is 23.2 Å². The van der Waals surface area contributed by atoms with Crippen LogP contribution in [-0.2, 0) is 0 Å². The van der Waals surface area contributed by atoms with E-state index in [4.69, 9.17) is 33.4 Å². The van der Waals surface area contributed by atoms with Gasteiger partial charge in [0.25, 0.3) is 0 Å². The molecule has 1 aliphatic rings. The maximum absolute atomic E-state index is 9.07. The van der Waals surface area contributed by atoms with Crippen molar-refractivity contribution >= 4 is 34.7 Å². The van der Waals surface area contributed by atoms with Gasteiger partial charge < -0.3 is 10.0 Å². The number of fused-ring (bicyclic) bond motifs is 1. The van der Waals surface area contributed by atoms with Gasteiger partial charge in [-0.2, -0.15) is 4.52 Å². The third-order valence-corrected chi connectivity index (χ3v) is 5.08. The minimum absolute atomic E-state index is 0.191. The Balaban J connectivity index is 1.65. The fourth-order valence-electron chi connectivity index (χ4n) is 3.13. The Labute approximate surface area is 160 Å². The second kappa shape index (κ2) is 7.36. The van der Waals surface area contributed by atoms with E-state index in [1.807, 2.05) is 18.2 Å². The van der Waals surface area contributed by atoms with Crippen LogP contribution < -0.4 is 4.90 Å². The maximum Gasteiger partial charge on any atom is 0.186 e. The quantitative estimate of drug-likeness (QED) is 0.733. The maximum atomic E-state index is 9.07. The molecule has 0 saturated carbocycles. The van der Waals surface area contributed by atoms with Crippen LogP contribution in [-0.4, -0.2) is 69.1 Å². The molecule has 1 aliphatic heterocycles. The van der Waals surface area contributed by atoms with Gasteiger partial charge in [0.2, 0.25) is 0 Å². The van der Waals surface area contributed by atoms with Crippen molar-refractivity contribution in [3.8, 4) is 11.4 Å². The van der Waals surface area contributed by atoms with Crippen LogP contribution in [0.2, 0.25) is 10.0 Å². The van der Waals surface area contributed by atoms with E-state index in [2.05, 4.69) is 20.0 Å². The zero-order chi connectivity index (χ0) is 18.1. The van der Waals surface area contributed by atoms with Gasteiger partial charge in [-0.25, -0.2) is 0 Å². The van der Waals surface area contributed by atoms with Crippen molar-refractivity contribution in [2.45, 2.75) is 0 Å². The van der Waals surface area contributed by atoms with Gasteiger partial charge in [0, 0.05) is 43.3 Å². The molecular weight excluding hydrogens is 375 g/mol. The number of hydrogen-bond donors (Lipinski definition) is 1. The normalized spacial score (nSPS) is 15.7. The van der Waals surface area contributed by atoms with E-state index in [1.165, 1.54) is 0 Å². The Morgan fingerprint density at radius 2 is 1.81 bits per heavy atom. The number of piperazine rings is 1. The number of hydrogen-bond acceptors (Lipinski definition) is 6. The summed E-state index contributed by atoms with van der Waals surface area (Å²) in [7, 11) is 0. The number of benzene rings is 1. The molecule has 0 amide bonds. The van der Waals surface area contributed by atoms with Gasteiger partial charge in [0.05, 0.1) is 11.6 Å². The summed E-state index contributed by atoms with van der Waals surface area (Å²) in [6.45, 7) is 4.42. The molecule has 7 nitrogen and oxygen atoms in total. The van der Waals surface area contributed by atoms with Crippen LogP contribution in [0.3, 0.4) is 0 Å². The molecule has 0 atom stereocenters. The highest BCUT2D eigenvalue weighted by Gasteiger charge is 2.19. The first-order valence-corrected chi connectivity index (χ1v) is 9.17. The lowest BCUT2D eigenvalue weighted by Crippen LogP contribution is -2.47. The summed E-state index contributed by atoms with van der Waals surface area (Å²) in [5, 5.41) is 23.3. The standard InChI is InChI=1S/C17H18Cl2N6O/c18-12-1-2-13(14(19)11-12)17-21-20-15-3-4-16(22-25(15)17)24-7-5-23(6-8-24)9-10-26/h1-4,11,26H,5-10H2. The van der Waals surface area contributed by atoms with Crippen molar-refractivity contribution in [1.29, 1.82) is 0 Å². The van der Waals surface area contributed by atoms with Crippen molar-refractivity contribution < 1.29 is 5.11 Å². The Morgan fingerprint density at radius 3 is 2.54 bits per heavy atom. The fraction of sp³-hybridized carbons (Fsp3) is 0.353. The number of nitrogens with zero attached hydrogens (tertiary/aromatic N) is 6. The molecule has 3 aromatic rings. The number of rotatable bonds is 4. The van der Waals surface area contributed by atoms with Gasteiger partial charge in [-0.05, 0) is 30.3 Å². The second-order valence-electron chi connectivity index (χ2n) is 6.16. The molecule has 9 heteroatoms. The molecule has 0 bridgehead atoms. The van der Waals surface area contributed by atoms with Crippen LogP contribution in [0.25, 0.3) is 17.0 Å². The number of halogens is 2. The molecule has 1 fully saturated rings. The summed E-state index contributed by atoms with van der Waals surface area (Å²) in [5.74, 6) is 1.45. The first kappa shape index (κ1) is 17.5. The van der Waals surface area contributed by atoms with Crippen LogP contribution in [0.15, 0.2) is 30.3 Å². The molecule has 2 aromatic heterocycles. The number of aliphatic hydroxyl groups excluding tert-OH is 1. The van der Waals surface area contributed by atoms with Crippen molar-refractivity contribution in [2.24, 2.45) is 0 Å². The molecule has 1 saturated heterocycles. The third kappa shape index (κ3) is 3.35. The van der Waals surface area contributed by atoms with Crippen LogP contribution >= 0.6 is 23.2 Å². The van der Waals surface area contributed by atoms with Crippen molar-refractivity contribution in [1.82, 2.24) is 24.7 Å². The summed E-state index contributed by atoms with van der Waals surface area (Å²) in [4.78, 5) is 4.47. The van der Waals surface area contributed by atoms with E-state index in [1.54, 1.807) is 16.6 Å². The molecule has 0 aliphatic carbocycles. The summed E-state index contributed by atoms with van der Waals surface area (Å²) < 4.78 is 1.71. The first-order chi connectivity index (χ1) is 12.7. The minimum atomic E-state index is 0.191. The smallest absolute Gasteiger partial charge is 0.186 e. The first-order valence-electron chi connectivity index (χ1n) is 8.42. The Hall–Kier alpha value is -1.93. The van der Waals surface area contributed by atoms with Crippen LogP contribution in [0.4, 0.5) is 5.82 Å². The molecular formula is C17H18Cl2N6O. The van der Waals surface area contributed by atoms with Crippen molar-refractivity contribution in [2.75, 3.05) is 44.2 Å². The largest absolute Gasteiger partial charge is 0.395 e. The highest BCUT2D eigenvalue weighted by atomic mass is 35.5. The number of anilines is 1. The van der Waals surface area contributed by atoms with Gasteiger partial charge >= 0.3 is 0 Å². The molecule has 26 heavy (non-hydrogen) atoms. The second-order valence-corrected chi connectivity index (χ2v) is 7.01. The van der Waals surface area contributed by atoms with Gasteiger partial charge in [0.1, 0.15) is 5.82 Å². The number of aliphatic hydroxyl groups is 1. The third-order valence-electron chi connectivity index (χ3n) is 4.53. The van der Waals surface area contributed by atoms with E-state index in [0.29, 0.717) is 28.1 Å². The van der Waals surface area contributed by atoms with Crippen molar-refractivity contribution in [3.05, 3.63) is 40.4 Å². The Bertz CT molecular complexity index is 923. The van der Waals surface area contributed by atoms with E-state index >= 15 is 0 Å². The summed E-state index contributed by atoms with van der Waals surface area (Å²) in [5.41, 5.74) is 1.40. The molecule has 3 heterocycles. The predicted molar refractivity (Wildman–Crippen MR) is 102 cm³/mol. The molecule has 4 rings (SSSR count). The lowest BCUT2D eigenvalue weighted by Gasteiger charge is -2.34. The average Bonchev–Trinajstić information content (AvgIpc) is 3.06. The van der Waals surface area contributed by atoms with Gasteiger partial charge in [0.15, 0.2) is 11.5 Å². The number of aromatic nitrogens is 4. The van der Waals surface area contributed by atoms with Gasteiger partial charge in [-0.15, -0.1) is 15.3 Å². The molecule has 0 unspecified atom stereocenters. The minimum Gasteiger partial charge on any atom is -0.395 e. The fourth-order valence-corrected chi connectivity index (χ4v) is 3.62. The van der Waals surface area contributed by atoms with E-state index in [9.17, 15) is 0 Å². The molecule has 136 valence electrons. The SMILES string of the molecule is OCCN1CCN(c2ccc3nnc(-c4ccc(Cl)cc4Cl)n3n2)CC1. The topological polar surface area (TPSA) is 69.8 Å². The van der Waals surface area contributed by atoms with E-state index < -0.39 is 0 Å². The monoisotopic (exact) mass is 392 g/mol. The summed E-state index contributed by atoms with van der Waals surface area (Å²) >= 11 is 12.3. The molecule has 0 radical (unpaired) electrons. The highest BCUT2D eigenvalue weighted by Crippen LogP contribution is 2.29.